The molecule has 0 aliphatic carbocycles. The van der Waals surface area contributed by atoms with E-state index in [-0.39, 0.29) is 6.79 Å². The predicted octanol–water partition coefficient (Wildman–Crippen LogP) is 4.47. The van der Waals surface area contributed by atoms with Gasteiger partial charge in [-0.25, -0.2) is 15.0 Å². The van der Waals surface area contributed by atoms with Crippen molar-refractivity contribution in [3.05, 3.63) is 22.9 Å². The fourth-order valence-corrected chi connectivity index (χ4v) is 5.91. The Balaban J connectivity index is 1.43. The third kappa shape index (κ3) is 4.27. The van der Waals surface area contributed by atoms with Gasteiger partial charge in [-0.15, -0.1) is 0 Å². The van der Waals surface area contributed by atoms with Gasteiger partial charge >= 0.3 is 0 Å². The number of imidazole rings is 1. The van der Waals surface area contributed by atoms with Crippen molar-refractivity contribution in [2.24, 2.45) is 11.8 Å². The molecule has 0 radical (unpaired) electrons. The van der Waals surface area contributed by atoms with E-state index < -0.39 is 0 Å². The normalized spacial score (nSPS) is 20.4. The second kappa shape index (κ2) is 9.07. The molecule has 170 valence electrons. The maximum Gasteiger partial charge on any atom is 0.231 e. The first-order valence-corrected chi connectivity index (χ1v) is 12.6. The number of halogens is 1. The van der Waals surface area contributed by atoms with Gasteiger partial charge in [0.15, 0.2) is 33.6 Å². The molecule has 2 aromatic heterocycles. The van der Waals surface area contributed by atoms with E-state index in [0.29, 0.717) is 29.2 Å². The lowest BCUT2D eigenvalue weighted by atomic mass is 9.85. The zero-order valence-corrected chi connectivity index (χ0v) is 20.6. The molecule has 0 amide bonds. The van der Waals surface area contributed by atoms with Gasteiger partial charge in [-0.1, -0.05) is 25.6 Å². The predicted molar refractivity (Wildman–Crippen MR) is 128 cm³/mol. The Morgan fingerprint density at radius 3 is 2.91 bits per heavy atom. The van der Waals surface area contributed by atoms with Gasteiger partial charge in [0, 0.05) is 22.0 Å². The van der Waals surface area contributed by atoms with Gasteiger partial charge in [-0.3, -0.25) is 0 Å². The summed E-state index contributed by atoms with van der Waals surface area (Å²) in [6, 6.07) is 4.51. The average molecular weight is 519 g/mol. The second-order valence-electron chi connectivity index (χ2n) is 8.70. The highest BCUT2D eigenvalue weighted by Crippen LogP contribution is 2.43. The number of nitrogens with one attached hydrogen (secondary N) is 1. The molecule has 32 heavy (non-hydrogen) atoms. The zero-order chi connectivity index (χ0) is 22.2. The Morgan fingerprint density at radius 1 is 1.28 bits per heavy atom. The minimum absolute atomic E-state index is 0.244. The lowest BCUT2D eigenvalue weighted by Crippen LogP contribution is -2.41. The van der Waals surface area contributed by atoms with Crippen molar-refractivity contribution >= 4 is 44.7 Å². The topological polar surface area (TPSA) is 100 Å². The molecule has 2 aliphatic rings. The summed E-state index contributed by atoms with van der Waals surface area (Å²) in [6.45, 7) is 6.75. The van der Waals surface area contributed by atoms with E-state index in [1.807, 2.05) is 12.1 Å². The molecular formula is C22H27BrN6O2S. The van der Waals surface area contributed by atoms with Crippen LogP contribution >= 0.6 is 27.7 Å². The Hall–Kier alpha value is -2.04. The standard InChI is InChI=1S/C22H27BrN6O2S/c1-12(2)15-7-13(3-5-25-15)4-6-29-21-19(20(24)26-10-27-21)28-22(29)32-18-9-17-16(8-14(18)23)30-11-31-17/h8-10,12-13,15,25H,3-7,11H2,1-2H3,(H2,24,26,27)/t13-,15-/m1/s1. The smallest absolute Gasteiger partial charge is 0.231 e. The molecule has 2 aliphatic heterocycles. The number of nitrogen functional groups attached to an aromatic ring is 1. The maximum absolute atomic E-state index is 6.14. The van der Waals surface area contributed by atoms with Crippen LogP contribution in [0.1, 0.15) is 33.1 Å². The number of nitrogens with two attached hydrogens (primary N) is 1. The first-order chi connectivity index (χ1) is 15.5. The van der Waals surface area contributed by atoms with Crippen molar-refractivity contribution in [2.75, 3.05) is 19.1 Å². The number of hydrogen-bond acceptors (Lipinski definition) is 8. The van der Waals surface area contributed by atoms with Gasteiger partial charge in [-0.05, 0) is 65.7 Å². The minimum Gasteiger partial charge on any atom is -0.454 e. The first kappa shape index (κ1) is 21.8. The molecule has 4 heterocycles. The van der Waals surface area contributed by atoms with E-state index >= 15 is 0 Å². The van der Waals surface area contributed by atoms with E-state index in [1.165, 1.54) is 19.2 Å². The number of ether oxygens (including phenoxy) is 2. The van der Waals surface area contributed by atoms with Gasteiger partial charge in [-0.2, -0.15) is 0 Å². The van der Waals surface area contributed by atoms with E-state index in [2.05, 4.69) is 49.6 Å². The van der Waals surface area contributed by atoms with Gasteiger partial charge in [0.25, 0.3) is 0 Å². The van der Waals surface area contributed by atoms with Crippen molar-refractivity contribution in [1.29, 1.82) is 0 Å². The fraction of sp³-hybridized carbons (Fsp3) is 0.500. The summed E-state index contributed by atoms with van der Waals surface area (Å²) in [6.07, 6.45) is 5.00. The van der Waals surface area contributed by atoms with Crippen LogP contribution in [0.5, 0.6) is 11.5 Å². The average Bonchev–Trinajstić information content (AvgIpc) is 3.37. The summed E-state index contributed by atoms with van der Waals surface area (Å²) in [4.78, 5) is 14.5. The molecule has 5 rings (SSSR count). The zero-order valence-electron chi connectivity index (χ0n) is 18.2. The van der Waals surface area contributed by atoms with Crippen molar-refractivity contribution in [2.45, 2.75) is 55.7 Å². The molecule has 0 saturated carbocycles. The second-order valence-corrected chi connectivity index (χ2v) is 10.6. The molecule has 10 heteroatoms. The van der Waals surface area contributed by atoms with Crippen molar-refractivity contribution < 1.29 is 9.47 Å². The monoisotopic (exact) mass is 518 g/mol. The molecule has 2 atom stereocenters. The molecule has 3 N–H and O–H groups in total. The molecule has 1 fully saturated rings. The largest absolute Gasteiger partial charge is 0.454 e. The van der Waals surface area contributed by atoms with Crippen LogP contribution in [-0.4, -0.2) is 38.9 Å². The summed E-state index contributed by atoms with van der Waals surface area (Å²) >= 11 is 5.23. The fourth-order valence-electron chi connectivity index (χ4n) is 4.40. The van der Waals surface area contributed by atoms with E-state index in [0.717, 1.165) is 51.2 Å². The van der Waals surface area contributed by atoms with Crippen LogP contribution < -0.4 is 20.5 Å². The van der Waals surface area contributed by atoms with Crippen molar-refractivity contribution in [3.63, 3.8) is 0 Å². The molecule has 0 unspecified atom stereocenters. The maximum atomic E-state index is 6.14. The summed E-state index contributed by atoms with van der Waals surface area (Å²) in [5.41, 5.74) is 7.57. The summed E-state index contributed by atoms with van der Waals surface area (Å²) in [5, 5.41) is 4.51. The van der Waals surface area contributed by atoms with E-state index in [9.17, 15) is 0 Å². The molecular weight excluding hydrogens is 492 g/mol. The first-order valence-electron chi connectivity index (χ1n) is 11.0. The summed E-state index contributed by atoms with van der Waals surface area (Å²) < 4.78 is 14.2. The number of nitrogens with zero attached hydrogens (tertiary/aromatic N) is 4. The molecule has 8 nitrogen and oxygen atoms in total. The molecule has 3 aromatic rings. The van der Waals surface area contributed by atoms with Crippen LogP contribution in [0.4, 0.5) is 5.82 Å². The van der Waals surface area contributed by atoms with E-state index in [4.69, 9.17) is 20.2 Å². The number of aromatic nitrogens is 4. The van der Waals surface area contributed by atoms with E-state index in [1.54, 1.807) is 11.8 Å². The van der Waals surface area contributed by atoms with Crippen LogP contribution in [0, 0.1) is 11.8 Å². The van der Waals surface area contributed by atoms with Gasteiger partial charge in [0.05, 0.1) is 0 Å². The number of aryl methyl sites for hydroxylation is 1. The van der Waals surface area contributed by atoms with Crippen molar-refractivity contribution in [1.82, 2.24) is 24.8 Å². The van der Waals surface area contributed by atoms with Crippen LogP contribution in [0.15, 0.2) is 33.0 Å². The molecule has 1 saturated heterocycles. The van der Waals surface area contributed by atoms with Crippen LogP contribution in [0.2, 0.25) is 0 Å². The highest BCUT2D eigenvalue weighted by atomic mass is 79.9. The third-order valence-electron chi connectivity index (χ3n) is 6.27. The van der Waals surface area contributed by atoms with Crippen LogP contribution in [0.25, 0.3) is 11.2 Å². The molecule has 1 aromatic carbocycles. The quantitative estimate of drug-likeness (QED) is 0.493. The van der Waals surface area contributed by atoms with Gasteiger partial charge in [0.1, 0.15) is 6.33 Å². The van der Waals surface area contributed by atoms with Crippen LogP contribution in [0.3, 0.4) is 0 Å². The highest BCUT2D eigenvalue weighted by molar-refractivity contribution is 9.10. The van der Waals surface area contributed by atoms with Crippen molar-refractivity contribution in [3.8, 4) is 11.5 Å². The Morgan fingerprint density at radius 2 is 2.09 bits per heavy atom. The van der Waals surface area contributed by atoms with Gasteiger partial charge < -0.3 is 25.1 Å². The Kier molecular flexibility index (Phi) is 6.18. The number of hydrogen-bond donors (Lipinski definition) is 2. The number of benzene rings is 1. The molecule has 0 spiro atoms. The number of anilines is 1. The number of fused-ring (bicyclic) bond motifs is 2. The molecule has 0 bridgehead atoms. The Bertz CT molecular complexity index is 1140. The third-order valence-corrected chi connectivity index (χ3v) is 8.24. The highest BCUT2D eigenvalue weighted by Gasteiger charge is 2.25. The lowest BCUT2D eigenvalue weighted by Gasteiger charge is -2.33. The summed E-state index contributed by atoms with van der Waals surface area (Å²) in [7, 11) is 0. The SMILES string of the molecule is CC(C)[C@H]1C[C@@H](CCn2c(Sc3cc4c(cc3Br)OCO4)nc3c(N)ncnc32)CCN1. The Labute approximate surface area is 199 Å². The summed E-state index contributed by atoms with van der Waals surface area (Å²) in [5.74, 6) is 3.22. The van der Waals surface area contributed by atoms with Gasteiger partial charge in [0.2, 0.25) is 6.79 Å². The minimum atomic E-state index is 0.244. The number of piperidine rings is 1. The lowest BCUT2D eigenvalue weighted by molar-refractivity contribution is 0.174. The number of rotatable bonds is 6. The van der Waals surface area contributed by atoms with Crippen LogP contribution in [-0.2, 0) is 6.54 Å².